The SMILES string of the molecule is N#Cc1cccc(-c2cc(/C(=C/NCc3cccc(C(O)C(=O)O)c3)N=N)nc(N)n2)c1. The second-order valence-corrected chi connectivity index (χ2v) is 6.70. The van der Waals surface area contributed by atoms with E-state index in [9.17, 15) is 9.90 Å². The molecule has 0 radical (unpaired) electrons. The number of aliphatic hydroxyl groups excluding tert-OH is 1. The van der Waals surface area contributed by atoms with E-state index in [-0.39, 0.29) is 23.8 Å². The second kappa shape index (κ2) is 9.92. The third-order valence-corrected chi connectivity index (χ3v) is 4.46. The van der Waals surface area contributed by atoms with Crippen molar-refractivity contribution in [1.82, 2.24) is 15.3 Å². The van der Waals surface area contributed by atoms with Crippen molar-refractivity contribution in [3.8, 4) is 17.3 Å². The van der Waals surface area contributed by atoms with Crippen molar-refractivity contribution in [2.45, 2.75) is 12.6 Å². The Kier molecular flexibility index (Phi) is 6.85. The Labute approximate surface area is 183 Å². The number of hydrogen-bond donors (Lipinski definition) is 5. The van der Waals surface area contributed by atoms with Crippen LogP contribution in [0.15, 0.2) is 65.9 Å². The highest BCUT2D eigenvalue weighted by atomic mass is 16.4. The minimum atomic E-state index is -1.61. The number of aliphatic carboxylic acids is 1. The maximum absolute atomic E-state index is 11.0. The summed E-state index contributed by atoms with van der Waals surface area (Å²) in [5, 5.41) is 34.2. The molecule has 1 heterocycles. The van der Waals surface area contributed by atoms with Gasteiger partial charge in [0.15, 0.2) is 6.10 Å². The Morgan fingerprint density at radius 2 is 2.03 bits per heavy atom. The summed E-state index contributed by atoms with van der Waals surface area (Å²) in [6.45, 7) is 0.289. The van der Waals surface area contributed by atoms with E-state index in [1.54, 1.807) is 48.5 Å². The van der Waals surface area contributed by atoms with Crippen LogP contribution in [0.4, 0.5) is 5.95 Å². The molecule has 160 valence electrons. The fraction of sp³-hybridized carbons (Fsp3) is 0.0909. The largest absolute Gasteiger partial charge is 0.479 e. The molecule has 1 atom stereocenters. The number of hydrogen-bond acceptors (Lipinski definition) is 9. The number of anilines is 1. The molecule has 1 unspecified atom stereocenters. The minimum Gasteiger partial charge on any atom is -0.479 e. The molecule has 3 rings (SSSR count). The molecule has 10 heteroatoms. The molecular weight excluding hydrogens is 410 g/mol. The summed E-state index contributed by atoms with van der Waals surface area (Å²) in [5.41, 5.74) is 16.5. The van der Waals surface area contributed by atoms with Gasteiger partial charge in [-0.1, -0.05) is 36.4 Å². The quantitative estimate of drug-likeness (QED) is 0.339. The average Bonchev–Trinajstić information content (AvgIpc) is 2.81. The highest BCUT2D eigenvalue weighted by Crippen LogP contribution is 2.23. The zero-order valence-corrected chi connectivity index (χ0v) is 16.7. The lowest BCUT2D eigenvalue weighted by Crippen LogP contribution is -2.12. The predicted octanol–water partition coefficient (Wildman–Crippen LogP) is 2.83. The van der Waals surface area contributed by atoms with Gasteiger partial charge in [-0.25, -0.2) is 20.3 Å². The number of nitrogen functional groups attached to an aromatic ring is 1. The number of carbonyl (C=O) groups is 1. The van der Waals surface area contributed by atoms with Crippen LogP contribution in [0.1, 0.15) is 28.5 Å². The number of carboxylic acids is 1. The van der Waals surface area contributed by atoms with Crippen LogP contribution in [0, 0.1) is 16.9 Å². The standard InChI is InChI=1S/C22H19N7O3/c23-10-13-3-1-5-15(7-13)17-9-18(28-22(24)27-17)19(29-25)12-26-11-14-4-2-6-16(8-14)20(30)21(31)32/h1-9,12,20,25-26,30H,11H2,(H,31,32)(H2,24,27,28)/b19-12-,29-25?. The first-order valence-corrected chi connectivity index (χ1v) is 9.37. The number of carboxylic acid groups (broad SMARTS) is 1. The summed E-state index contributed by atoms with van der Waals surface area (Å²) in [6, 6.07) is 17.0. The molecule has 3 aromatic rings. The van der Waals surface area contributed by atoms with Crippen LogP contribution in [-0.2, 0) is 11.3 Å². The molecule has 0 amide bonds. The number of rotatable bonds is 8. The summed E-state index contributed by atoms with van der Waals surface area (Å²) in [7, 11) is 0. The number of nitriles is 1. The zero-order chi connectivity index (χ0) is 23.1. The Morgan fingerprint density at radius 1 is 1.25 bits per heavy atom. The van der Waals surface area contributed by atoms with E-state index < -0.39 is 12.1 Å². The first kappa shape index (κ1) is 22.1. The van der Waals surface area contributed by atoms with E-state index in [4.69, 9.17) is 21.6 Å². The summed E-state index contributed by atoms with van der Waals surface area (Å²) >= 11 is 0. The fourth-order valence-electron chi connectivity index (χ4n) is 2.94. The summed E-state index contributed by atoms with van der Waals surface area (Å²) in [5.74, 6) is -1.34. The molecule has 0 aliphatic heterocycles. The lowest BCUT2D eigenvalue weighted by atomic mass is 10.1. The van der Waals surface area contributed by atoms with Gasteiger partial charge < -0.3 is 21.3 Å². The van der Waals surface area contributed by atoms with E-state index in [0.29, 0.717) is 22.5 Å². The molecule has 32 heavy (non-hydrogen) atoms. The van der Waals surface area contributed by atoms with E-state index in [2.05, 4.69) is 26.5 Å². The Bertz CT molecular complexity index is 1230. The van der Waals surface area contributed by atoms with Crippen molar-refractivity contribution >= 4 is 17.6 Å². The van der Waals surface area contributed by atoms with Crippen LogP contribution in [0.5, 0.6) is 0 Å². The summed E-state index contributed by atoms with van der Waals surface area (Å²) in [4.78, 5) is 19.3. The molecular formula is C22H19N7O3. The maximum atomic E-state index is 11.0. The van der Waals surface area contributed by atoms with Crippen molar-refractivity contribution in [3.05, 3.63) is 83.2 Å². The highest BCUT2D eigenvalue weighted by Gasteiger charge is 2.15. The molecule has 0 aliphatic carbocycles. The van der Waals surface area contributed by atoms with Gasteiger partial charge >= 0.3 is 5.97 Å². The van der Waals surface area contributed by atoms with Crippen molar-refractivity contribution < 1.29 is 15.0 Å². The van der Waals surface area contributed by atoms with Crippen molar-refractivity contribution in [3.63, 3.8) is 0 Å². The van der Waals surface area contributed by atoms with Gasteiger partial charge in [0.2, 0.25) is 5.95 Å². The topological polar surface area (TPSA) is 181 Å². The molecule has 1 aromatic heterocycles. The molecule has 0 fully saturated rings. The van der Waals surface area contributed by atoms with Gasteiger partial charge in [0.1, 0.15) is 5.70 Å². The summed E-state index contributed by atoms with van der Waals surface area (Å²) in [6.07, 6.45) is -0.129. The van der Waals surface area contributed by atoms with E-state index in [1.165, 1.54) is 12.3 Å². The van der Waals surface area contributed by atoms with Crippen LogP contribution in [0.3, 0.4) is 0 Å². The van der Waals surface area contributed by atoms with Crippen molar-refractivity contribution in [1.29, 1.82) is 10.8 Å². The number of aliphatic hydroxyl groups is 1. The maximum Gasteiger partial charge on any atom is 0.337 e. The Morgan fingerprint density at radius 3 is 2.75 bits per heavy atom. The third kappa shape index (κ3) is 5.29. The van der Waals surface area contributed by atoms with Gasteiger partial charge in [-0.05, 0) is 29.3 Å². The monoisotopic (exact) mass is 429 g/mol. The Hall–Kier alpha value is -4.62. The molecule has 0 saturated carbocycles. The number of nitrogens with two attached hydrogens (primary N) is 1. The summed E-state index contributed by atoms with van der Waals surface area (Å²) < 4.78 is 0. The van der Waals surface area contributed by atoms with Gasteiger partial charge in [-0.3, -0.25) is 0 Å². The molecule has 0 saturated heterocycles. The van der Waals surface area contributed by atoms with Gasteiger partial charge in [0.05, 0.1) is 23.0 Å². The van der Waals surface area contributed by atoms with E-state index in [0.717, 1.165) is 5.56 Å². The molecule has 6 N–H and O–H groups in total. The smallest absolute Gasteiger partial charge is 0.337 e. The first-order chi connectivity index (χ1) is 15.4. The van der Waals surface area contributed by atoms with Gasteiger partial charge in [0.25, 0.3) is 0 Å². The molecule has 2 aromatic carbocycles. The van der Waals surface area contributed by atoms with E-state index >= 15 is 0 Å². The van der Waals surface area contributed by atoms with Gasteiger partial charge in [-0.15, -0.1) is 0 Å². The normalized spacial score (nSPS) is 11.9. The molecule has 0 spiro atoms. The van der Waals surface area contributed by atoms with Gasteiger partial charge in [-0.2, -0.15) is 10.4 Å². The van der Waals surface area contributed by atoms with Crippen molar-refractivity contribution in [2.24, 2.45) is 5.11 Å². The lowest BCUT2D eigenvalue weighted by molar-refractivity contribution is -0.146. The van der Waals surface area contributed by atoms with Crippen LogP contribution in [0.2, 0.25) is 0 Å². The zero-order valence-electron chi connectivity index (χ0n) is 16.7. The number of nitrogens with one attached hydrogen (secondary N) is 2. The number of nitrogens with zero attached hydrogens (tertiary/aromatic N) is 4. The number of aromatic nitrogens is 2. The number of benzene rings is 2. The van der Waals surface area contributed by atoms with Crippen LogP contribution >= 0.6 is 0 Å². The van der Waals surface area contributed by atoms with Gasteiger partial charge in [0, 0.05) is 18.3 Å². The van der Waals surface area contributed by atoms with Crippen molar-refractivity contribution in [2.75, 3.05) is 5.73 Å². The van der Waals surface area contributed by atoms with Crippen LogP contribution in [0.25, 0.3) is 17.0 Å². The molecule has 10 nitrogen and oxygen atoms in total. The van der Waals surface area contributed by atoms with E-state index in [1.807, 2.05) is 0 Å². The second-order valence-electron chi connectivity index (χ2n) is 6.70. The minimum absolute atomic E-state index is 0.00947. The average molecular weight is 429 g/mol. The third-order valence-electron chi connectivity index (χ3n) is 4.46. The fourth-order valence-corrected chi connectivity index (χ4v) is 2.94. The predicted molar refractivity (Wildman–Crippen MR) is 116 cm³/mol. The first-order valence-electron chi connectivity index (χ1n) is 9.37. The highest BCUT2D eigenvalue weighted by molar-refractivity contribution is 5.74. The lowest BCUT2D eigenvalue weighted by Gasteiger charge is -2.09. The Balaban J connectivity index is 1.82. The molecule has 0 bridgehead atoms. The van der Waals surface area contributed by atoms with Crippen LogP contribution in [-0.4, -0.2) is 26.2 Å². The molecule has 0 aliphatic rings. The van der Waals surface area contributed by atoms with Crippen LogP contribution < -0.4 is 11.1 Å².